The Hall–Kier alpha value is -2.75. The molecule has 3 aromatic rings. The highest BCUT2D eigenvalue weighted by molar-refractivity contribution is 7.89. The molecular formula is C19H21ClN6O2S. The normalized spacial score (nSPS) is 11.3. The quantitative estimate of drug-likeness (QED) is 0.468. The van der Waals surface area contributed by atoms with Gasteiger partial charge in [-0.2, -0.15) is 0 Å². The van der Waals surface area contributed by atoms with Gasteiger partial charge in [0.15, 0.2) is 5.82 Å². The van der Waals surface area contributed by atoms with Gasteiger partial charge in [0.05, 0.1) is 4.90 Å². The van der Waals surface area contributed by atoms with Gasteiger partial charge in [-0.3, -0.25) is 0 Å². The maximum absolute atomic E-state index is 12.4. The summed E-state index contributed by atoms with van der Waals surface area (Å²) in [6, 6.07) is 12.1. The van der Waals surface area contributed by atoms with Crippen molar-refractivity contribution in [2.24, 2.45) is 0 Å². The van der Waals surface area contributed by atoms with E-state index in [1.165, 1.54) is 6.07 Å². The molecule has 10 heteroatoms. The van der Waals surface area contributed by atoms with Crippen LogP contribution in [0.2, 0.25) is 5.02 Å². The molecule has 0 saturated carbocycles. The minimum atomic E-state index is -3.64. The molecule has 3 rings (SSSR count). The van der Waals surface area contributed by atoms with Gasteiger partial charge in [-0.05, 0) is 61.4 Å². The fourth-order valence-electron chi connectivity index (χ4n) is 2.55. The number of nitrogens with zero attached hydrogens (tertiary/aromatic N) is 3. The molecule has 29 heavy (non-hydrogen) atoms. The Morgan fingerprint density at radius 1 is 0.931 bits per heavy atom. The molecule has 0 amide bonds. The topological polar surface area (TPSA) is 109 Å². The van der Waals surface area contributed by atoms with Crippen LogP contribution in [-0.4, -0.2) is 36.7 Å². The summed E-state index contributed by atoms with van der Waals surface area (Å²) in [7, 11) is -3.64. The van der Waals surface area contributed by atoms with Crippen LogP contribution in [0.3, 0.4) is 0 Å². The van der Waals surface area contributed by atoms with E-state index in [4.69, 9.17) is 11.6 Å². The third kappa shape index (κ3) is 5.86. The SMILES string of the molecule is Cc1ccnc(Nc2ccc(NCCNS(=O)(=O)c3cc(Cl)ccc3C)nn2)c1. The van der Waals surface area contributed by atoms with Crippen molar-refractivity contribution >= 4 is 39.1 Å². The van der Waals surface area contributed by atoms with Crippen molar-refractivity contribution in [2.75, 3.05) is 23.7 Å². The number of hydrogen-bond donors (Lipinski definition) is 3. The van der Waals surface area contributed by atoms with Crippen LogP contribution in [0.25, 0.3) is 0 Å². The summed E-state index contributed by atoms with van der Waals surface area (Å²) in [5, 5.41) is 14.6. The van der Waals surface area contributed by atoms with Gasteiger partial charge in [0.1, 0.15) is 11.6 Å². The highest BCUT2D eigenvalue weighted by Gasteiger charge is 2.16. The van der Waals surface area contributed by atoms with Gasteiger partial charge in [-0.1, -0.05) is 17.7 Å². The smallest absolute Gasteiger partial charge is 0.240 e. The van der Waals surface area contributed by atoms with Crippen LogP contribution in [0.1, 0.15) is 11.1 Å². The highest BCUT2D eigenvalue weighted by Crippen LogP contribution is 2.20. The molecule has 3 N–H and O–H groups in total. The summed E-state index contributed by atoms with van der Waals surface area (Å²) in [6.07, 6.45) is 1.72. The summed E-state index contributed by atoms with van der Waals surface area (Å²) in [5.41, 5.74) is 1.72. The Morgan fingerprint density at radius 3 is 2.41 bits per heavy atom. The molecule has 0 spiro atoms. The Balaban J connectivity index is 1.51. The number of hydrogen-bond acceptors (Lipinski definition) is 7. The monoisotopic (exact) mass is 432 g/mol. The van der Waals surface area contributed by atoms with Gasteiger partial charge in [-0.15, -0.1) is 10.2 Å². The number of aromatic nitrogens is 3. The third-order valence-electron chi connectivity index (χ3n) is 4.00. The first-order chi connectivity index (χ1) is 13.8. The van der Waals surface area contributed by atoms with Crippen LogP contribution in [0.15, 0.2) is 53.6 Å². The molecule has 0 aliphatic rings. The molecule has 0 bridgehead atoms. The molecule has 0 radical (unpaired) electrons. The molecule has 0 unspecified atom stereocenters. The molecule has 8 nitrogen and oxygen atoms in total. The minimum Gasteiger partial charge on any atom is -0.367 e. The second-order valence-electron chi connectivity index (χ2n) is 6.38. The largest absolute Gasteiger partial charge is 0.367 e. The fraction of sp³-hybridized carbons (Fsp3) is 0.211. The van der Waals surface area contributed by atoms with Crippen molar-refractivity contribution in [3.63, 3.8) is 0 Å². The summed E-state index contributed by atoms with van der Waals surface area (Å²) in [5.74, 6) is 1.78. The maximum Gasteiger partial charge on any atom is 0.240 e. The van der Waals surface area contributed by atoms with Gasteiger partial charge < -0.3 is 10.6 Å². The lowest BCUT2D eigenvalue weighted by atomic mass is 10.2. The Morgan fingerprint density at radius 2 is 1.69 bits per heavy atom. The van der Waals surface area contributed by atoms with Gasteiger partial charge in [0.25, 0.3) is 0 Å². The van der Waals surface area contributed by atoms with Crippen molar-refractivity contribution in [3.05, 3.63) is 64.8 Å². The molecule has 0 aliphatic heterocycles. The van der Waals surface area contributed by atoms with Crippen molar-refractivity contribution in [3.8, 4) is 0 Å². The highest BCUT2D eigenvalue weighted by atomic mass is 35.5. The molecule has 0 aliphatic carbocycles. The predicted octanol–water partition coefficient (Wildman–Crippen LogP) is 3.28. The zero-order valence-corrected chi connectivity index (χ0v) is 17.5. The zero-order chi connectivity index (χ0) is 20.9. The maximum atomic E-state index is 12.4. The zero-order valence-electron chi connectivity index (χ0n) is 16.0. The lowest BCUT2D eigenvalue weighted by molar-refractivity contribution is 0.582. The first kappa shape index (κ1) is 21.0. The Labute approximate surface area is 174 Å². The molecule has 0 saturated heterocycles. The van der Waals surface area contributed by atoms with Crippen LogP contribution >= 0.6 is 11.6 Å². The van der Waals surface area contributed by atoms with Crippen molar-refractivity contribution in [1.29, 1.82) is 0 Å². The molecular weight excluding hydrogens is 412 g/mol. The van der Waals surface area contributed by atoms with Crippen molar-refractivity contribution in [1.82, 2.24) is 19.9 Å². The van der Waals surface area contributed by atoms with Crippen LogP contribution in [0.5, 0.6) is 0 Å². The standard InChI is InChI=1S/C19H21ClN6O2S/c1-13-7-8-21-19(11-13)24-18-6-5-17(25-26-18)22-9-10-23-29(27,28)16-12-15(20)4-3-14(16)2/h3-8,11-12,23H,9-10H2,1-2H3,(H,22,25)(H,21,24,26). The van der Waals surface area contributed by atoms with Gasteiger partial charge >= 0.3 is 0 Å². The third-order valence-corrected chi connectivity index (χ3v) is 5.84. The molecule has 0 atom stereocenters. The van der Waals surface area contributed by atoms with E-state index in [0.717, 1.165) is 5.56 Å². The van der Waals surface area contributed by atoms with Crippen molar-refractivity contribution < 1.29 is 8.42 Å². The second kappa shape index (κ2) is 9.17. The van der Waals surface area contributed by atoms with Gasteiger partial charge in [0, 0.05) is 24.3 Å². The van der Waals surface area contributed by atoms with Crippen LogP contribution in [-0.2, 0) is 10.0 Å². The van der Waals surface area contributed by atoms with E-state index in [9.17, 15) is 8.42 Å². The summed E-state index contributed by atoms with van der Waals surface area (Å²) >= 11 is 5.91. The molecule has 0 fully saturated rings. The predicted molar refractivity (Wildman–Crippen MR) is 114 cm³/mol. The second-order valence-corrected chi connectivity index (χ2v) is 8.55. The van der Waals surface area contributed by atoms with Gasteiger partial charge in [-0.25, -0.2) is 18.1 Å². The van der Waals surface area contributed by atoms with Gasteiger partial charge in [0.2, 0.25) is 10.0 Å². The molecule has 2 aromatic heterocycles. The average molecular weight is 433 g/mol. The number of anilines is 3. The summed E-state index contributed by atoms with van der Waals surface area (Å²) in [4.78, 5) is 4.38. The average Bonchev–Trinajstić information content (AvgIpc) is 2.68. The lowest BCUT2D eigenvalue weighted by Gasteiger charge is -2.11. The number of sulfonamides is 1. The summed E-state index contributed by atoms with van der Waals surface area (Å²) < 4.78 is 27.4. The lowest BCUT2D eigenvalue weighted by Crippen LogP contribution is -2.29. The van der Waals surface area contributed by atoms with Crippen LogP contribution in [0, 0.1) is 13.8 Å². The van der Waals surface area contributed by atoms with E-state index in [1.54, 1.807) is 37.4 Å². The number of halogens is 1. The number of benzene rings is 1. The van der Waals surface area contributed by atoms with E-state index in [-0.39, 0.29) is 11.4 Å². The summed E-state index contributed by atoms with van der Waals surface area (Å²) in [6.45, 7) is 4.23. The van der Waals surface area contributed by atoms with E-state index >= 15 is 0 Å². The number of pyridine rings is 1. The molecule has 2 heterocycles. The van der Waals surface area contributed by atoms with E-state index in [1.807, 2.05) is 19.1 Å². The fourth-order valence-corrected chi connectivity index (χ4v) is 4.08. The number of aryl methyl sites for hydroxylation is 2. The van der Waals surface area contributed by atoms with Crippen LogP contribution < -0.4 is 15.4 Å². The van der Waals surface area contributed by atoms with E-state index < -0.39 is 10.0 Å². The van der Waals surface area contributed by atoms with E-state index in [0.29, 0.717) is 34.6 Å². The first-order valence-corrected chi connectivity index (χ1v) is 10.7. The first-order valence-electron chi connectivity index (χ1n) is 8.86. The van der Waals surface area contributed by atoms with Crippen molar-refractivity contribution in [2.45, 2.75) is 18.7 Å². The molecule has 1 aromatic carbocycles. The molecule has 152 valence electrons. The van der Waals surface area contributed by atoms with E-state index in [2.05, 4.69) is 30.5 Å². The minimum absolute atomic E-state index is 0.171. The number of rotatable bonds is 8. The Kier molecular flexibility index (Phi) is 6.63. The van der Waals surface area contributed by atoms with Crippen LogP contribution in [0.4, 0.5) is 17.5 Å². The Bertz CT molecular complexity index is 1090. The number of nitrogens with one attached hydrogen (secondary N) is 3.